The summed E-state index contributed by atoms with van der Waals surface area (Å²) in [7, 11) is 0. The third-order valence-electron chi connectivity index (χ3n) is 1.87. The van der Waals surface area contributed by atoms with E-state index in [2.05, 4.69) is 0 Å². The van der Waals surface area contributed by atoms with E-state index in [0.717, 1.165) is 5.69 Å². The van der Waals surface area contributed by atoms with Crippen molar-refractivity contribution in [1.29, 1.82) is 0 Å². The summed E-state index contributed by atoms with van der Waals surface area (Å²) in [6, 6.07) is 8.15. The van der Waals surface area contributed by atoms with Gasteiger partial charge >= 0.3 is 0 Å². The summed E-state index contributed by atoms with van der Waals surface area (Å²) >= 11 is 0. The van der Waals surface area contributed by atoms with Gasteiger partial charge in [0, 0.05) is 12.4 Å². The smallest absolute Gasteiger partial charge is 0.125 e. The second kappa shape index (κ2) is 2.94. The summed E-state index contributed by atoms with van der Waals surface area (Å²) in [5.41, 5.74) is 6.89. The lowest BCUT2D eigenvalue weighted by atomic mass is 10.2. The van der Waals surface area contributed by atoms with E-state index in [-0.39, 0.29) is 5.82 Å². The summed E-state index contributed by atoms with van der Waals surface area (Å²) in [5, 5.41) is 0. The number of aromatic nitrogens is 1. The molecule has 3 heteroatoms. The summed E-state index contributed by atoms with van der Waals surface area (Å²) in [4.78, 5) is 0. The van der Waals surface area contributed by atoms with Crippen LogP contribution in [0.1, 0.15) is 0 Å². The molecule has 0 spiro atoms. The summed E-state index contributed by atoms with van der Waals surface area (Å²) in [6.07, 6.45) is 3.73. The Morgan fingerprint density at radius 2 is 1.85 bits per heavy atom. The Labute approximate surface area is 75.4 Å². The maximum absolute atomic E-state index is 12.7. The highest BCUT2D eigenvalue weighted by Gasteiger charge is 2.00. The number of nitrogens with zero attached hydrogens (tertiary/aromatic N) is 1. The fourth-order valence-corrected chi connectivity index (χ4v) is 1.26. The lowest BCUT2D eigenvalue weighted by molar-refractivity contribution is 0.628. The molecule has 0 aliphatic heterocycles. The molecule has 2 aromatic rings. The third kappa shape index (κ3) is 1.40. The van der Waals surface area contributed by atoms with E-state index in [4.69, 9.17) is 5.73 Å². The molecule has 0 radical (unpaired) electrons. The van der Waals surface area contributed by atoms with E-state index >= 15 is 0 Å². The highest BCUT2D eigenvalue weighted by Crippen LogP contribution is 2.17. The summed E-state index contributed by atoms with van der Waals surface area (Å²) < 4.78 is 14.5. The van der Waals surface area contributed by atoms with E-state index in [1.165, 1.54) is 12.1 Å². The van der Waals surface area contributed by atoms with Crippen LogP contribution in [0.25, 0.3) is 5.69 Å². The summed E-state index contributed by atoms with van der Waals surface area (Å²) in [6.45, 7) is 0. The number of anilines is 1. The minimum atomic E-state index is -0.312. The predicted molar refractivity (Wildman–Crippen MR) is 50.1 cm³/mol. The van der Waals surface area contributed by atoms with Crippen molar-refractivity contribution in [2.24, 2.45) is 0 Å². The Morgan fingerprint density at radius 1 is 1.15 bits per heavy atom. The molecule has 2 rings (SSSR count). The molecule has 0 amide bonds. The fourth-order valence-electron chi connectivity index (χ4n) is 1.26. The lowest BCUT2D eigenvalue weighted by Crippen LogP contribution is -1.97. The number of benzene rings is 1. The van der Waals surface area contributed by atoms with Crippen molar-refractivity contribution in [3.63, 3.8) is 0 Å². The molecular weight excluding hydrogens is 167 g/mol. The minimum absolute atomic E-state index is 0.312. The first-order valence-electron chi connectivity index (χ1n) is 3.96. The molecule has 13 heavy (non-hydrogen) atoms. The molecule has 0 bridgehead atoms. The number of hydrogen-bond donors (Lipinski definition) is 1. The van der Waals surface area contributed by atoms with Gasteiger partial charge in [0.1, 0.15) is 5.82 Å². The van der Waals surface area contributed by atoms with E-state index in [1.807, 2.05) is 29.1 Å². The standard InChI is InChI=1S/C10H9FN2/c11-8-3-4-10(9(12)7-8)13-5-1-2-6-13/h1-7H,12H2. The number of rotatable bonds is 1. The zero-order valence-corrected chi connectivity index (χ0v) is 6.94. The van der Waals surface area contributed by atoms with Crippen LogP contribution in [-0.2, 0) is 0 Å². The van der Waals surface area contributed by atoms with E-state index < -0.39 is 0 Å². The third-order valence-corrected chi connectivity index (χ3v) is 1.87. The van der Waals surface area contributed by atoms with Gasteiger partial charge in [-0.25, -0.2) is 4.39 Å². The number of nitrogen functional groups attached to an aromatic ring is 1. The van der Waals surface area contributed by atoms with Crippen LogP contribution in [-0.4, -0.2) is 4.57 Å². The van der Waals surface area contributed by atoms with Gasteiger partial charge in [0.05, 0.1) is 11.4 Å². The van der Waals surface area contributed by atoms with Gasteiger partial charge in [0.2, 0.25) is 0 Å². The molecule has 2 N–H and O–H groups in total. The number of halogens is 1. The van der Waals surface area contributed by atoms with Gasteiger partial charge in [-0.2, -0.15) is 0 Å². The fraction of sp³-hybridized carbons (Fsp3) is 0. The molecule has 0 unspecified atom stereocenters. The molecule has 0 aliphatic carbocycles. The first-order chi connectivity index (χ1) is 6.27. The van der Waals surface area contributed by atoms with Crippen LogP contribution < -0.4 is 5.73 Å². The van der Waals surface area contributed by atoms with Crippen LogP contribution in [0, 0.1) is 5.82 Å². The van der Waals surface area contributed by atoms with Gasteiger partial charge < -0.3 is 10.3 Å². The number of nitrogens with two attached hydrogens (primary N) is 1. The van der Waals surface area contributed by atoms with Gasteiger partial charge in [-0.1, -0.05) is 0 Å². The maximum atomic E-state index is 12.7. The van der Waals surface area contributed by atoms with Crippen molar-refractivity contribution >= 4 is 5.69 Å². The van der Waals surface area contributed by atoms with Gasteiger partial charge in [0.15, 0.2) is 0 Å². The lowest BCUT2D eigenvalue weighted by Gasteiger charge is -2.05. The SMILES string of the molecule is Nc1cc(F)ccc1-n1cccc1. The van der Waals surface area contributed by atoms with Crippen LogP contribution in [0.4, 0.5) is 10.1 Å². The Hall–Kier alpha value is -1.77. The highest BCUT2D eigenvalue weighted by molar-refractivity contribution is 5.57. The largest absolute Gasteiger partial charge is 0.397 e. The normalized spacial score (nSPS) is 10.2. The average Bonchev–Trinajstić information content (AvgIpc) is 2.56. The molecule has 0 saturated carbocycles. The Balaban J connectivity index is 2.53. The van der Waals surface area contributed by atoms with Gasteiger partial charge in [-0.3, -0.25) is 0 Å². The van der Waals surface area contributed by atoms with Gasteiger partial charge in [-0.15, -0.1) is 0 Å². The first-order valence-corrected chi connectivity index (χ1v) is 3.96. The monoisotopic (exact) mass is 176 g/mol. The number of hydrogen-bond acceptors (Lipinski definition) is 1. The van der Waals surface area contributed by atoms with Crippen LogP contribution in [0.2, 0.25) is 0 Å². The van der Waals surface area contributed by atoms with Gasteiger partial charge in [-0.05, 0) is 30.3 Å². The topological polar surface area (TPSA) is 30.9 Å². The van der Waals surface area contributed by atoms with Crippen molar-refractivity contribution in [2.45, 2.75) is 0 Å². The van der Waals surface area contributed by atoms with Crippen molar-refractivity contribution in [3.05, 3.63) is 48.5 Å². The zero-order valence-electron chi connectivity index (χ0n) is 6.94. The molecule has 1 aromatic heterocycles. The Bertz CT molecular complexity index is 407. The van der Waals surface area contributed by atoms with E-state index in [1.54, 1.807) is 6.07 Å². The average molecular weight is 176 g/mol. The van der Waals surface area contributed by atoms with E-state index in [0.29, 0.717) is 5.69 Å². The quantitative estimate of drug-likeness (QED) is 0.663. The molecule has 0 fully saturated rings. The second-order valence-corrected chi connectivity index (χ2v) is 2.79. The minimum Gasteiger partial charge on any atom is -0.397 e. The maximum Gasteiger partial charge on any atom is 0.125 e. The summed E-state index contributed by atoms with van der Waals surface area (Å²) in [5.74, 6) is -0.312. The highest BCUT2D eigenvalue weighted by atomic mass is 19.1. The predicted octanol–water partition coefficient (Wildman–Crippen LogP) is 2.20. The molecule has 1 heterocycles. The van der Waals surface area contributed by atoms with Crippen LogP contribution in [0.5, 0.6) is 0 Å². The molecule has 0 atom stereocenters. The van der Waals surface area contributed by atoms with Gasteiger partial charge in [0.25, 0.3) is 0 Å². The van der Waals surface area contributed by atoms with Crippen LogP contribution in [0.3, 0.4) is 0 Å². The molecule has 1 aromatic carbocycles. The zero-order chi connectivity index (χ0) is 9.26. The van der Waals surface area contributed by atoms with Crippen molar-refractivity contribution in [2.75, 3.05) is 5.73 Å². The molecule has 0 saturated heterocycles. The molecule has 2 nitrogen and oxygen atoms in total. The van der Waals surface area contributed by atoms with Crippen LogP contribution in [0.15, 0.2) is 42.7 Å². The molecule has 0 aliphatic rings. The van der Waals surface area contributed by atoms with Crippen molar-refractivity contribution in [1.82, 2.24) is 4.57 Å². The van der Waals surface area contributed by atoms with Crippen molar-refractivity contribution in [3.8, 4) is 5.69 Å². The first kappa shape index (κ1) is 7.86. The van der Waals surface area contributed by atoms with E-state index in [9.17, 15) is 4.39 Å². The second-order valence-electron chi connectivity index (χ2n) is 2.79. The van der Waals surface area contributed by atoms with Crippen LogP contribution >= 0.6 is 0 Å². The molecular formula is C10H9FN2. The Morgan fingerprint density at radius 3 is 2.46 bits per heavy atom. The Kier molecular flexibility index (Phi) is 1.77. The molecule has 66 valence electrons. The van der Waals surface area contributed by atoms with Crippen molar-refractivity contribution < 1.29 is 4.39 Å².